The summed E-state index contributed by atoms with van der Waals surface area (Å²) in [5.74, 6) is 0.833. The fraction of sp³-hybridized carbons (Fsp3) is 0.500. The Balaban J connectivity index is 1.53. The van der Waals surface area contributed by atoms with E-state index in [2.05, 4.69) is 22.5 Å². The lowest BCUT2D eigenvalue weighted by Crippen LogP contribution is -2.48. The van der Waals surface area contributed by atoms with Crippen molar-refractivity contribution in [2.45, 2.75) is 56.6 Å². The molecule has 1 unspecified atom stereocenters. The molecule has 1 amide bonds. The van der Waals surface area contributed by atoms with Gasteiger partial charge in [-0.1, -0.05) is 37.4 Å². The van der Waals surface area contributed by atoms with E-state index in [1.807, 2.05) is 6.07 Å². The fourth-order valence-electron chi connectivity index (χ4n) is 5.00. The van der Waals surface area contributed by atoms with Crippen LogP contribution in [0.4, 0.5) is 5.69 Å². The van der Waals surface area contributed by atoms with Crippen molar-refractivity contribution in [3.63, 3.8) is 0 Å². The summed E-state index contributed by atoms with van der Waals surface area (Å²) in [4.78, 5) is 12.7. The molecule has 1 saturated heterocycles. The lowest BCUT2D eigenvalue weighted by molar-refractivity contribution is 0.0836. The van der Waals surface area contributed by atoms with E-state index in [0.717, 1.165) is 73.2 Å². The molecule has 0 bridgehead atoms. The number of rotatable bonds is 3. The molecule has 2 aliphatic heterocycles. The van der Waals surface area contributed by atoms with Gasteiger partial charge in [0.1, 0.15) is 5.58 Å². The van der Waals surface area contributed by atoms with Crippen molar-refractivity contribution < 1.29 is 13.9 Å². The van der Waals surface area contributed by atoms with Crippen LogP contribution in [0.2, 0.25) is 5.02 Å². The molecule has 2 aromatic rings. The number of amides is 1. The maximum atomic E-state index is 12.7. The summed E-state index contributed by atoms with van der Waals surface area (Å²) in [6, 6.07) is 3.64. The summed E-state index contributed by atoms with van der Waals surface area (Å²) in [5, 5.41) is 11.2. The van der Waals surface area contributed by atoms with Crippen molar-refractivity contribution in [2.24, 2.45) is 0 Å². The standard InChI is InChI=1S/C22H26ClN3O3/c1-13-25-19-16(23)10-14-11-17(21(27)24-12-15-6-5-9-28-15)29-20(14)18(19)22(26-13)7-3-2-4-8-22/h10-11,15,25-26H,1-9,12H2,(H,24,27). The van der Waals surface area contributed by atoms with Gasteiger partial charge < -0.3 is 25.1 Å². The number of carbonyl (C=O) groups excluding carboxylic acids is 1. The molecule has 6 nitrogen and oxygen atoms in total. The van der Waals surface area contributed by atoms with Crippen molar-refractivity contribution in [3.05, 3.63) is 40.9 Å². The van der Waals surface area contributed by atoms with Crippen LogP contribution in [-0.4, -0.2) is 25.2 Å². The first kappa shape index (κ1) is 18.8. The molecule has 1 aromatic heterocycles. The van der Waals surface area contributed by atoms with E-state index in [9.17, 15) is 4.79 Å². The molecular weight excluding hydrogens is 390 g/mol. The number of hydrogen-bond donors (Lipinski definition) is 3. The largest absolute Gasteiger partial charge is 0.450 e. The van der Waals surface area contributed by atoms with E-state index in [1.54, 1.807) is 6.07 Å². The molecule has 3 aliphatic rings. The van der Waals surface area contributed by atoms with E-state index >= 15 is 0 Å². The van der Waals surface area contributed by atoms with Crippen LogP contribution in [0.25, 0.3) is 11.0 Å². The minimum absolute atomic E-state index is 0.0930. The van der Waals surface area contributed by atoms with Gasteiger partial charge in [0, 0.05) is 24.1 Å². The highest BCUT2D eigenvalue weighted by atomic mass is 35.5. The van der Waals surface area contributed by atoms with Crippen LogP contribution >= 0.6 is 11.6 Å². The monoisotopic (exact) mass is 415 g/mol. The maximum Gasteiger partial charge on any atom is 0.287 e. The van der Waals surface area contributed by atoms with E-state index in [4.69, 9.17) is 20.8 Å². The molecule has 1 atom stereocenters. The third-order valence-electron chi connectivity index (χ3n) is 6.35. The average Bonchev–Trinajstić information content (AvgIpc) is 3.36. The summed E-state index contributed by atoms with van der Waals surface area (Å²) in [7, 11) is 0. The number of anilines is 1. The van der Waals surface area contributed by atoms with E-state index < -0.39 is 0 Å². The summed E-state index contributed by atoms with van der Waals surface area (Å²) in [6.07, 6.45) is 7.56. The molecule has 1 aliphatic carbocycles. The Labute approximate surface area is 175 Å². The SMILES string of the molecule is C=C1Nc2c(Cl)cc3cc(C(=O)NCC4CCCO4)oc3c2C2(CCCCC2)N1. The molecule has 154 valence electrons. The van der Waals surface area contributed by atoms with Crippen LogP contribution in [0, 0.1) is 0 Å². The number of hydrogen-bond acceptors (Lipinski definition) is 5. The molecule has 0 radical (unpaired) electrons. The predicted octanol–water partition coefficient (Wildman–Crippen LogP) is 4.64. The maximum absolute atomic E-state index is 12.7. The minimum Gasteiger partial charge on any atom is -0.450 e. The average molecular weight is 416 g/mol. The first-order chi connectivity index (χ1) is 14.1. The number of nitrogens with one attached hydrogen (secondary N) is 3. The molecule has 2 fully saturated rings. The summed E-state index contributed by atoms with van der Waals surface area (Å²) in [5.41, 5.74) is 2.32. The number of benzene rings is 1. The highest BCUT2D eigenvalue weighted by molar-refractivity contribution is 6.34. The summed E-state index contributed by atoms with van der Waals surface area (Å²) >= 11 is 6.63. The lowest BCUT2D eigenvalue weighted by Gasteiger charge is -2.44. The van der Waals surface area contributed by atoms with Gasteiger partial charge in [0.05, 0.1) is 28.2 Å². The molecule has 1 aromatic carbocycles. The number of halogens is 1. The summed E-state index contributed by atoms with van der Waals surface area (Å²) < 4.78 is 11.7. The van der Waals surface area contributed by atoms with Crippen LogP contribution in [0.15, 0.2) is 28.9 Å². The van der Waals surface area contributed by atoms with Gasteiger partial charge >= 0.3 is 0 Å². The van der Waals surface area contributed by atoms with Gasteiger partial charge in [0.25, 0.3) is 5.91 Å². The van der Waals surface area contributed by atoms with E-state index in [0.29, 0.717) is 17.3 Å². The second-order valence-corrected chi connectivity index (χ2v) is 8.76. The van der Waals surface area contributed by atoms with Crippen molar-refractivity contribution in [2.75, 3.05) is 18.5 Å². The van der Waals surface area contributed by atoms with Crippen molar-refractivity contribution in [3.8, 4) is 0 Å². The zero-order valence-electron chi connectivity index (χ0n) is 16.4. The van der Waals surface area contributed by atoms with Gasteiger partial charge in [-0.25, -0.2) is 0 Å². The molecule has 3 heterocycles. The van der Waals surface area contributed by atoms with Gasteiger partial charge in [0.15, 0.2) is 5.76 Å². The number of carbonyl (C=O) groups is 1. The number of ether oxygens (including phenoxy) is 1. The van der Waals surface area contributed by atoms with Crippen LogP contribution in [0.5, 0.6) is 0 Å². The molecule has 7 heteroatoms. The predicted molar refractivity (Wildman–Crippen MR) is 113 cm³/mol. The second kappa shape index (κ2) is 7.26. The Morgan fingerprint density at radius 3 is 2.86 bits per heavy atom. The Kier molecular flexibility index (Phi) is 4.71. The zero-order valence-corrected chi connectivity index (χ0v) is 17.2. The number of fused-ring (bicyclic) bond motifs is 4. The van der Waals surface area contributed by atoms with Gasteiger partial charge in [-0.15, -0.1) is 0 Å². The van der Waals surface area contributed by atoms with E-state index in [-0.39, 0.29) is 17.6 Å². The molecular formula is C22H26ClN3O3. The topological polar surface area (TPSA) is 75.5 Å². The van der Waals surface area contributed by atoms with Gasteiger partial charge in [-0.05, 0) is 37.8 Å². The van der Waals surface area contributed by atoms with Crippen molar-refractivity contribution >= 4 is 34.2 Å². The van der Waals surface area contributed by atoms with Crippen LogP contribution in [0.1, 0.15) is 61.1 Å². The Hall–Kier alpha value is -2.18. The van der Waals surface area contributed by atoms with Crippen molar-refractivity contribution in [1.82, 2.24) is 10.6 Å². The van der Waals surface area contributed by atoms with E-state index in [1.165, 1.54) is 6.42 Å². The molecule has 3 N–H and O–H groups in total. The first-order valence-electron chi connectivity index (χ1n) is 10.5. The van der Waals surface area contributed by atoms with Gasteiger partial charge in [-0.2, -0.15) is 0 Å². The number of furan rings is 1. The molecule has 5 rings (SSSR count). The van der Waals surface area contributed by atoms with Crippen LogP contribution in [-0.2, 0) is 10.3 Å². The molecule has 1 spiro atoms. The Morgan fingerprint density at radius 2 is 2.10 bits per heavy atom. The lowest BCUT2D eigenvalue weighted by atomic mass is 9.74. The van der Waals surface area contributed by atoms with Crippen LogP contribution < -0.4 is 16.0 Å². The Morgan fingerprint density at radius 1 is 1.28 bits per heavy atom. The fourth-order valence-corrected chi connectivity index (χ4v) is 5.26. The van der Waals surface area contributed by atoms with Gasteiger partial charge in [0.2, 0.25) is 0 Å². The second-order valence-electron chi connectivity index (χ2n) is 8.35. The highest BCUT2D eigenvalue weighted by Gasteiger charge is 2.42. The zero-order chi connectivity index (χ0) is 20.0. The quantitative estimate of drug-likeness (QED) is 0.680. The smallest absolute Gasteiger partial charge is 0.287 e. The normalized spacial score (nSPS) is 22.9. The summed E-state index contributed by atoms with van der Waals surface area (Å²) in [6.45, 7) is 5.36. The van der Waals surface area contributed by atoms with Gasteiger partial charge in [-0.3, -0.25) is 4.79 Å². The van der Waals surface area contributed by atoms with Crippen molar-refractivity contribution in [1.29, 1.82) is 0 Å². The van der Waals surface area contributed by atoms with Crippen LogP contribution in [0.3, 0.4) is 0 Å². The first-order valence-corrected chi connectivity index (χ1v) is 10.8. The highest BCUT2D eigenvalue weighted by Crippen LogP contribution is 2.49. The molecule has 1 saturated carbocycles. The third kappa shape index (κ3) is 3.28. The molecule has 29 heavy (non-hydrogen) atoms. The Bertz CT molecular complexity index is 971. The minimum atomic E-state index is -0.262. The third-order valence-corrected chi connectivity index (χ3v) is 6.65.